The summed E-state index contributed by atoms with van der Waals surface area (Å²) in [7, 11) is 0. The van der Waals surface area contributed by atoms with Gasteiger partial charge in [0.2, 0.25) is 5.91 Å². The van der Waals surface area contributed by atoms with Crippen LogP contribution in [-0.2, 0) is 11.2 Å². The number of carbonyl (C=O) groups is 1. The molecule has 3 aromatic rings. The summed E-state index contributed by atoms with van der Waals surface area (Å²) in [6.45, 7) is 1.80. The van der Waals surface area contributed by atoms with E-state index >= 15 is 0 Å². The molecule has 8 nitrogen and oxygen atoms in total. The number of benzene rings is 2. The van der Waals surface area contributed by atoms with E-state index in [2.05, 4.69) is 20.5 Å². The molecule has 0 aliphatic rings. The molecular weight excluding hydrogens is 322 g/mol. The molecule has 0 atom stereocenters. The van der Waals surface area contributed by atoms with Crippen molar-refractivity contribution in [2.24, 2.45) is 0 Å². The van der Waals surface area contributed by atoms with E-state index in [1.807, 2.05) is 6.07 Å². The topological polar surface area (TPSA) is 114 Å². The van der Waals surface area contributed by atoms with Crippen molar-refractivity contribution in [2.75, 3.05) is 5.32 Å². The first-order valence-corrected chi connectivity index (χ1v) is 7.54. The third-order valence-electron chi connectivity index (χ3n) is 3.54. The van der Waals surface area contributed by atoms with Gasteiger partial charge >= 0.3 is 0 Å². The average Bonchev–Trinajstić information content (AvgIpc) is 3.02. The standard InChI is InChI=1S/C17H15N5O3/c1-11-18-17(21-20-11)13-6-4-7-14(9-13)19-16(23)10-12-5-2-3-8-15(12)22(24)25/h2-9H,10H2,1H3,(H,19,23)(H,18,20,21). The minimum absolute atomic E-state index is 0.0670. The van der Waals surface area contributed by atoms with Crippen LogP contribution in [0.2, 0.25) is 0 Å². The molecule has 3 rings (SSSR count). The highest BCUT2D eigenvalue weighted by atomic mass is 16.6. The third kappa shape index (κ3) is 3.86. The predicted octanol–water partition coefficient (Wildman–Crippen LogP) is 2.87. The van der Waals surface area contributed by atoms with Gasteiger partial charge in [0.15, 0.2) is 5.82 Å². The fourth-order valence-electron chi connectivity index (χ4n) is 2.42. The van der Waals surface area contributed by atoms with Crippen LogP contribution in [0.15, 0.2) is 48.5 Å². The van der Waals surface area contributed by atoms with Crippen molar-refractivity contribution < 1.29 is 9.72 Å². The van der Waals surface area contributed by atoms with E-state index in [0.29, 0.717) is 22.9 Å². The van der Waals surface area contributed by atoms with Crippen molar-refractivity contribution in [3.63, 3.8) is 0 Å². The zero-order valence-corrected chi connectivity index (χ0v) is 13.4. The van der Waals surface area contributed by atoms with E-state index in [1.54, 1.807) is 43.3 Å². The molecule has 126 valence electrons. The number of nitrogens with zero attached hydrogens (tertiary/aromatic N) is 3. The summed E-state index contributed by atoms with van der Waals surface area (Å²) >= 11 is 0. The summed E-state index contributed by atoms with van der Waals surface area (Å²) in [6, 6.07) is 13.3. The molecule has 0 aliphatic heterocycles. The normalized spacial score (nSPS) is 10.4. The van der Waals surface area contributed by atoms with E-state index in [9.17, 15) is 14.9 Å². The largest absolute Gasteiger partial charge is 0.326 e. The Kier molecular flexibility index (Phi) is 4.51. The van der Waals surface area contributed by atoms with Gasteiger partial charge in [-0.1, -0.05) is 30.3 Å². The van der Waals surface area contributed by atoms with Gasteiger partial charge in [-0.05, 0) is 19.1 Å². The number of nitro groups is 1. The van der Waals surface area contributed by atoms with Gasteiger partial charge in [0.1, 0.15) is 5.82 Å². The number of rotatable bonds is 5. The zero-order valence-electron chi connectivity index (χ0n) is 13.4. The first-order valence-electron chi connectivity index (χ1n) is 7.54. The summed E-state index contributed by atoms with van der Waals surface area (Å²) in [5, 5.41) is 20.6. The second-order valence-corrected chi connectivity index (χ2v) is 5.44. The van der Waals surface area contributed by atoms with Gasteiger partial charge < -0.3 is 5.32 Å². The Morgan fingerprint density at radius 3 is 2.76 bits per heavy atom. The molecule has 0 saturated carbocycles. The van der Waals surface area contributed by atoms with E-state index in [4.69, 9.17) is 0 Å². The number of aryl methyl sites for hydroxylation is 1. The molecule has 0 aliphatic carbocycles. The Balaban J connectivity index is 1.75. The fourth-order valence-corrected chi connectivity index (χ4v) is 2.42. The highest BCUT2D eigenvalue weighted by Gasteiger charge is 2.15. The Morgan fingerprint density at radius 1 is 1.24 bits per heavy atom. The van der Waals surface area contributed by atoms with Gasteiger partial charge in [0.25, 0.3) is 5.69 Å². The molecule has 1 heterocycles. The van der Waals surface area contributed by atoms with Crippen LogP contribution in [0, 0.1) is 17.0 Å². The maximum absolute atomic E-state index is 12.2. The number of hydrogen-bond acceptors (Lipinski definition) is 5. The van der Waals surface area contributed by atoms with Gasteiger partial charge in [-0.2, -0.15) is 5.10 Å². The van der Waals surface area contributed by atoms with Crippen molar-refractivity contribution >= 4 is 17.3 Å². The molecule has 8 heteroatoms. The molecule has 0 spiro atoms. The highest BCUT2D eigenvalue weighted by Crippen LogP contribution is 2.21. The maximum atomic E-state index is 12.2. The first-order chi connectivity index (χ1) is 12.0. The van der Waals surface area contributed by atoms with Gasteiger partial charge in [0.05, 0.1) is 11.3 Å². The van der Waals surface area contributed by atoms with Gasteiger partial charge in [0, 0.05) is 22.9 Å². The van der Waals surface area contributed by atoms with Gasteiger partial charge in [-0.25, -0.2) is 4.98 Å². The Hall–Kier alpha value is -3.55. The summed E-state index contributed by atoms with van der Waals surface area (Å²) in [5.74, 6) is 0.894. The number of aromatic nitrogens is 3. The van der Waals surface area contributed by atoms with Crippen LogP contribution < -0.4 is 5.32 Å². The number of nitrogens with one attached hydrogen (secondary N) is 2. The molecule has 1 amide bonds. The molecule has 0 fully saturated rings. The number of H-pyrrole nitrogens is 1. The molecule has 0 unspecified atom stereocenters. The number of hydrogen-bond donors (Lipinski definition) is 2. The second-order valence-electron chi connectivity index (χ2n) is 5.44. The molecule has 2 N–H and O–H groups in total. The number of amides is 1. The van der Waals surface area contributed by atoms with Crippen LogP contribution >= 0.6 is 0 Å². The second kappa shape index (κ2) is 6.91. The summed E-state index contributed by atoms with van der Waals surface area (Å²) in [4.78, 5) is 27.0. The lowest BCUT2D eigenvalue weighted by atomic mass is 10.1. The lowest BCUT2D eigenvalue weighted by molar-refractivity contribution is -0.385. The van der Waals surface area contributed by atoms with Crippen LogP contribution in [0.5, 0.6) is 0 Å². The number of para-hydroxylation sites is 1. The Labute approximate surface area is 143 Å². The number of aromatic amines is 1. The zero-order chi connectivity index (χ0) is 17.8. The van der Waals surface area contributed by atoms with Crippen LogP contribution in [0.1, 0.15) is 11.4 Å². The molecule has 0 radical (unpaired) electrons. The van der Waals surface area contributed by atoms with Crippen LogP contribution in [0.3, 0.4) is 0 Å². The SMILES string of the molecule is Cc1nc(-c2cccc(NC(=O)Cc3ccccc3[N+](=O)[O-])c2)n[nH]1. The lowest BCUT2D eigenvalue weighted by Crippen LogP contribution is -2.15. The fraction of sp³-hybridized carbons (Fsp3) is 0.118. The smallest absolute Gasteiger partial charge is 0.273 e. The number of nitro benzene ring substituents is 1. The molecular formula is C17H15N5O3. The average molecular weight is 337 g/mol. The quantitative estimate of drug-likeness (QED) is 0.549. The Bertz CT molecular complexity index is 935. The molecule has 2 aromatic carbocycles. The monoisotopic (exact) mass is 337 g/mol. The van der Waals surface area contributed by atoms with Crippen LogP contribution in [-0.4, -0.2) is 26.0 Å². The van der Waals surface area contributed by atoms with Gasteiger partial charge in [-0.3, -0.25) is 20.0 Å². The first kappa shape index (κ1) is 16.3. The van der Waals surface area contributed by atoms with E-state index in [1.165, 1.54) is 6.07 Å². The minimum Gasteiger partial charge on any atom is -0.326 e. The molecule has 1 aromatic heterocycles. The minimum atomic E-state index is -0.491. The molecule has 0 bridgehead atoms. The third-order valence-corrected chi connectivity index (χ3v) is 3.54. The van der Waals surface area contributed by atoms with Crippen molar-refractivity contribution in [2.45, 2.75) is 13.3 Å². The maximum Gasteiger partial charge on any atom is 0.273 e. The van der Waals surface area contributed by atoms with E-state index in [-0.39, 0.29) is 18.0 Å². The number of carbonyl (C=O) groups excluding carboxylic acids is 1. The van der Waals surface area contributed by atoms with Crippen LogP contribution in [0.25, 0.3) is 11.4 Å². The molecule has 0 saturated heterocycles. The van der Waals surface area contributed by atoms with Crippen LogP contribution in [0.4, 0.5) is 11.4 Å². The summed E-state index contributed by atoms with van der Waals surface area (Å²) in [6.07, 6.45) is -0.0822. The molecule has 25 heavy (non-hydrogen) atoms. The summed E-state index contributed by atoms with van der Waals surface area (Å²) < 4.78 is 0. The van der Waals surface area contributed by atoms with E-state index < -0.39 is 4.92 Å². The van der Waals surface area contributed by atoms with Crippen molar-refractivity contribution in [1.29, 1.82) is 0 Å². The Morgan fingerprint density at radius 2 is 2.04 bits per heavy atom. The number of anilines is 1. The van der Waals surface area contributed by atoms with E-state index in [0.717, 1.165) is 5.56 Å². The lowest BCUT2D eigenvalue weighted by Gasteiger charge is -2.07. The van der Waals surface area contributed by atoms with Crippen molar-refractivity contribution in [1.82, 2.24) is 15.2 Å². The van der Waals surface area contributed by atoms with Crippen molar-refractivity contribution in [3.8, 4) is 11.4 Å². The van der Waals surface area contributed by atoms with Crippen molar-refractivity contribution in [3.05, 3.63) is 70.0 Å². The van der Waals surface area contributed by atoms with Gasteiger partial charge in [-0.15, -0.1) is 0 Å². The highest BCUT2D eigenvalue weighted by molar-refractivity contribution is 5.93. The predicted molar refractivity (Wildman–Crippen MR) is 92.0 cm³/mol. The summed E-state index contributed by atoms with van der Waals surface area (Å²) in [5.41, 5.74) is 1.63.